The highest BCUT2D eigenvalue weighted by Gasteiger charge is 2.25. The van der Waals surface area contributed by atoms with Crippen LogP contribution in [0.3, 0.4) is 0 Å². The molecule has 0 spiro atoms. The van der Waals surface area contributed by atoms with Crippen LogP contribution < -0.4 is 0 Å². The second-order valence-corrected chi connectivity index (χ2v) is 26.6. The minimum absolute atomic E-state index is 0.276. The number of nitroso groups, excluding NO2 is 5. The average Bonchev–Trinajstić information content (AvgIpc) is 3.56. The van der Waals surface area contributed by atoms with Crippen molar-refractivity contribution < 1.29 is 0 Å². The predicted molar refractivity (Wildman–Crippen MR) is 366 cm³/mol. The summed E-state index contributed by atoms with van der Waals surface area (Å²) in [7, 11) is 0. The fourth-order valence-electron chi connectivity index (χ4n) is 12.8. The van der Waals surface area contributed by atoms with E-state index in [0.29, 0.717) is 39.3 Å². The molecular weight excluding hydrogens is 1060 g/mol. The second kappa shape index (κ2) is 62.0. The molecule has 0 N–H and O–H groups in total. The van der Waals surface area contributed by atoms with Gasteiger partial charge in [-0.2, -0.15) is 24.5 Å². The maximum absolute atomic E-state index is 12.6. The lowest BCUT2D eigenvalue weighted by molar-refractivity contribution is 0.101. The molecule has 500 valence electrons. The molecule has 5 unspecified atom stereocenters. The van der Waals surface area contributed by atoms with Crippen LogP contribution in [-0.2, 0) is 0 Å². The lowest BCUT2D eigenvalue weighted by Crippen LogP contribution is -2.51. The molecule has 0 aromatic rings. The Balaban J connectivity index is 3.15. The van der Waals surface area contributed by atoms with E-state index in [2.05, 4.69) is 85.0 Å². The maximum Gasteiger partial charge on any atom is 0.105 e. The molecule has 5 atom stereocenters. The van der Waals surface area contributed by atoms with Crippen molar-refractivity contribution in [3.8, 4) is 0 Å². The number of hydrogen-bond donors (Lipinski definition) is 0. The molecule has 0 radical (unpaired) electrons. The zero-order valence-electron chi connectivity index (χ0n) is 56.8. The van der Waals surface area contributed by atoms with Gasteiger partial charge in [-0.05, 0) is 32.1 Å². The Labute approximate surface area is 524 Å². The van der Waals surface area contributed by atoms with Crippen LogP contribution in [0.5, 0.6) is 0 Å². The number of nitrogens with zero attached hydrogens (tertiary/aromatic N) is 10. The fourth-order valence-corrected chi connectivity index (χ4v) is 12.8. The molecule has 1 aliphatic rings. The Hall–Kier alpha value is -2.20. The number of piperazine rings is 1. The van der Waals surface area contributed by atoms with Crippen LogP contribution in [0.15, 0.2) is 25.9 Å². The molecule has 1 rings (SSSR count). The van der Waals surface area contributed by atoms with Crippen LogP contribution >= 0.6 is 0 Å². The lowest BCUT2D eigenvalue weighted by Gasteiger charge is -2.37. The van der Waals surface area contributed by atoms with E-state index in [1.54, 1.807) is 0 Å². The third-order valence-electron chi connectivity index (χ3n) is 18.7. The lowest BCUT2D eigenvalue weighted by atomic mass is 10.0. The molecule has 1 aliphatic heterocycles. The highest BCUT2D eigenvalue weighted by Crippen LogP contribution is 2.20. The van der Waals surface area contributed by atoms with E-state index in [-0.39, 0.29) is 30.2 Å². The molecule has 1 saturated heterocycles. The summed E-state index contributed by atoms with van der Waals surface area (Å²) in [6.45, 7) is 22.6. The third-order valence-corrected chi connectivity index (χ3v) is 18.7. The van der Waals surface area contributed by atoms with Gasteiger partial charge in [0.05, 0.1) is 0 Å². The van der Waals surface area contributed by atoms with Crippen molar-refractivity contribution >= 4 is 0 Å². The van der Waals surface area contributed by atoms with Gasteiger partial charge >= 0.3 is 0 Å². The van der Waals surface area contributed by atoms with Gasteiger partial charge in [0.25, 0.3) is 0 Å². The van der Waals surface area contributed by atoms with Crippen LogP contribution in [0.4, 0.5) is 0 Å². The predicted octanol–water partition coefficient (Wildman–Crippen LogP) is 19.8. The first-order chi connectivity index (χ1) is 41.8. The SMILES string of the molecule is CCCCCCCCCCC(CN(CCN1CCN(CCN(CC(CCCCCCCCCC)N=O)CC(CCCCCCCCCC)N=O)CC1)CCN(CC(CCCCCCCCCC)N=O)CC(CCCCCCCCCC)N=O)N=O. The highest BCUT2D eigenvalue weighted by atomic mass is 16.3. The Morgan fingerprint density at radius 3 is 0.647 bits per heavy atom. The van der Waals surface area contributed by atoms with Gasteiger partial charge < -0.3 is 0 Å². The molecule has 15 heteroatoms. The van der Waals surface area contributed by atoms with Crippen molar-refractivity contribution in [2.75, 3.05) is 98.2 Å². The van der Waals surface area contributed by atoms with Crippen LogP contribution in [-0.4, -0.2) is 153 Å². The number of rotatable bonds is 69. The molecule has 1 fully saturated rings. The molecule has 15 nitrogen and oxygen atoms in total. The summed E-state index contributed by atoms with van der Waals surface area (Å²) in [5.41, 5.74) is 0. The zero-order valence-corrected chi connectivity index (χ0v) is 56.8. The minimum Gasteiger partial charge on any atom is -0.300 e. The van der Waals surface area contributed by atoms with E-state index in [4.69, 9.17) is 0 Å². The summed E-state index contributed by atoms with van der Waals surface area (Å²) in [4.78, 5) is 74.4. The fraction of sp³-hybridized carbons (Fsp3) is 1.00. The molecular formula is C70H140N10O5. The first kappa shape index (κ1) is 80.8. The van der Waals surface area contributed by atoms with Gasteiger partial charge in [0.15, 0.2) is 0 Å². The minimum atomic E-state index is -0.329. The summed E-state index contributed by atoms with van der Waals surface area (Å²) in [5, 5.41) is 18.4. The molecule has 0 amide bonds. The topological polar surface area (TPSA) is 163 Å². The summed E-state index contributed by atoms with van der Waals surface area (Å²) >= 11 is 0. The molecule has 0 saturated carbocycles. The van der Waals surface area contributed by atoms with Gasteiger partial charge in [0.1, 0.15) is 30.2 Å². The van der Waals surface area contributed by atoms with Crippen molar-refractivity contribution in [2.24, 2.45) is 25.9 Å². The van der Waals surface area contributed by atoms with Crippen LogP contribution in [0.2, 0.25) is 0 Å². The molecule has 1 heterocycles. The van der Waals surface area contributed by atoms with Crippen molar-refractivity contribution in [1.82, 2.24) is 24.5 Å². The van der Waals surface area contributed by atoms with Gasteiger partial charge in [-0.15, -0.1) is 0 Å². The molecule has 0 aliphatic carbocycles. The maximum atomic E-state index is 12.6. The van der Waals surface area contributed by atoms with Crippen molar-refractivity contribution in [2.45, 2.75) is 354 Å². The smallest absolute Gasteiger partial charge is 0.105 e. The second-order valence-electron chi connectivity index (χ2n) is 26.6. The van der Waals surface area contributed by atoms with Gasteiger partial charge in [-0.25, -0.2) is 0 Å². The van der Waals surface area contributed by atoms with E-state index in [1.807, 2.05) is 0 Å². The average molecular weight is 1200 g/mol. The largest absolute Gasteiger partial charge is 0.300 e. The van der Waals surface area contributed by atoms with Gasteiger partial charge in [0, 0.05) is 98.2 Å². The Morgan fingerprint density at radius 1 is 0.247 bits per heavy atom. The third kappa shape index (κ3) is 49.3. The Morgan fingerprint density at radius 2 is 0.424 bits per heavy atom. The normalized spacial score (nSPS) is 15.2. The number of unbranched alkanes of at least 4 members (excludes halogenated alkanes) is 35. The first-order valence-electron chi connectivity index (χ1n) is 37.1. The van der Waals surface area contributed by atoms with E-state index >= 15 is 0 Å². The highest BCUT2D eigenvalue weighted by molar-refractivity contribution is 4.83. The molecule has 0 aromatic carbocycles. The van der Waals surface area contributed by atoms with E-state index in [1.165, 1.54) is 193 Å². The van der Waals surface area contributed by atoms with Crippen LogP contribution in [0.25, 0.3) is 0 Å². The summed E-state index contributed by atoms with van der Waals surface area (Å²) in [6.07, 6.45) is 52.7. The van der Waals surface area contributed by atoms with Crippen LogP contribution in [0, 0.1) is 24.5 Å². The van der Waals surface area contributed by atoms with Crippen molar-refractivity contribution in [3.05, 3.63) is 24.5 Å². The van der Waals surface area contributed by atoms with E-state index in [9.17, 15) is 24.5 Å². The molecule has 0 bridgehead atoms. The summed E-state index contributed by atoms with van der Waals surface area (Å²) in [5.74, 6) is 0. The van der Waals surface area contributed by atoms with Gasteiger partial charge in [-0.1, -0.05) is 317 Å². The van der Waals surface area contributed by atoms with E-state index < -0.39 is 0 Å². The first-order valence-corrected chi connectivity index (χ1v) is 37.1. The van der Waals surface area contributed by atoms with Crippen molar-refractivity contribution in [3.63, 3.8) is 0 Å². The summed E-state index contributed by atoms with van der Waals surface area (Å²) < 4.78 is 0. The quantitative estimate of drug-likeness (QED) is 0.0423. The Bertz CT molecular complexity index is 1390. The molecule has 0 aromatic heterocycles. The van der Waals surface area contributed by atoms with E-state index in [0.717, 1.165) is 155 Å². The molecule has 85 heavy (non-hydrogen) atoms. The standard InChI is InChI=1S/C70H140N10O5/c1-6-11-16-21-26-31-36-41-46-66(71-81)61-78(58-60-80(64-69(74-84)49-44-39-34-29-24-19-14-9-4)65-70(75-85)50-45-40-35-30-25-20-15-10-5)57-55-76-51-53-77(54-52-76)56-59-79(62-67(72-82)47-42-37-32-27-22-17-12-7-2)63-68(73-83)48-43-38-33-28-23-18-13-8-3/h66-70H,6-65H2,1-5H3. The zero-order chi connectivity index (χ0) is 61.7. The summed E-state index contributed by atoms with van der Waals surface area (Å²) in [6, 6.07) is -1.49. The number of hydrogen-bond acceptors (Lipinski definition) is 15. The van der Waals surface area contributed by atoms with Crippen LogP contribution in [0.1, 0.15) is 324 Å². The van der Waals surface area contributed by atoms with Crippen molar-refractivity contribution in [1.29, 1.82) is 0 Å². The monoisotopic (exact) mass is 1200 g/mol. The van der Waals surface area contributed by atoms with Gasteiger partial charge in [-0.3, -0.25) is 24.5 Å². The Kier molecular flexibility index (Phi) is 59.0. The van der Waals surface area contributed by atoms with Gasteiger partial charge in [0.2, 0.25) is 0 Å².